The van der Waals surface area contributed by atoms with Crippen molar-refractivity contribution in [2.24, 2.45) is 123 Å². The molecule has 0 saturated heterocycles. The molecule has 0 nitrogen and oxygen atoms in total. The van der Waals surface area contributed by atoms with Crippen LogP contribution in [-0.2, 0) is 6.42 Å². The second-order valence-corrected chi connectivity index (χ2v) is 48.7. The fourth-order valence-electron chi connectivity index (χ4n) is 21.3. The fraction of sp³-hybridized carbons (Fsp3) is 0.904. The van der Waals surface area contributed by atoms with E-state index in [4.69, 9.17) is 0 Å². The molecule has 0 aromatic heterocycles. The topological polar surface area (TPSA) is 0 Å². The highest BCUT2D eigenvalue weighted by molar-refractivity contribution is 5.17. The molecule has 0 aliphatic carbocycles. The van der Waals surface area contributed by atoms with Gasteiger partial charge in [0, 0.05) is 0 Å². The Bertz CT molecular complexity index is 2430. The Hall–Kier alpha value is -1.56. The summed E-state index contributed by atoms with van der Waals surface area (Å²) in [6, 6.07) is 11.5. The number of allylic oxidation sites excluding steroid dienone is 6. The summed E-state index contributed by atoms with van der Waals surface area (Å²) >= 11 is 0. The molecular formula is C125H242. The molecule has 0 spiro atoms. The van der Waals surface area contributed by atoms with Crippen LogP contribution in [0.1, 0.15) is 606 Å². The summed E-state index contributed by atoms with van der Waals surface area (Å²) in [5, 5.41) is 0. The largest absolute Gasteiger partial charge is 0.0859 e. The Morgan fingerprint density at radius 1 is 0.216 bits per heavy atom. The van der Waals surface area contributed by atoms with Gasteiger partial charge in [0.25, 0.3) is 0 Å². The van der Waals surface area contributed by atoms with Gasteiger partial charge in [-0.15, -0.1) is 0 Å². The number of rotatable bonds is 82. The highest BCUT2D eigenvalue weighted by Gasteiger charge is 2.32. The fourth-order valence-corrected chi connectivity index (χ4v) is 21.3. The zero-order valence-electron chi connectivity index (χ0n) is 92.9. The molecular weight excluding hydrogens is 1500 g/mol. The van der Waals surface area contributed by atoms with Crippen molar-refractivity contribution in [2.45, 2.75) is 607 Å². The van der Waals surface area contributed by atoms with Crippen LogP contribution in [0.2, 0.25) is 0 Å². The first-order chi connectivity index (χ1) is 59.3. The van der Waals surface area contributed by atoms with Gasteiger partial charge < -0.3 is 0 Å². The molecule has 0 heterocycles. The van der Waals surface area contributed by atoms with Crippen LogP contribution in [0.25, 0.3) is 0 Å². The molecule has 0 heteroatoms. The number of benzene rings is 1. The quantitative estimate of drug-likeness (QED) is 0.0570. The monoisotopic (exact) mass is 1740 g/mol. The molecule has 0 saturated carbocycles. The average molecular weight is 1750 g/mol. The third kappa shape index (κ3) is 76.4. The minimum Gasteiger partial charge on any atom is -0.0859 e. The minimum absolute atomic E-state index is 0.460. The van der Waals surface area contributed by atoms with Crippen LogP contribution in [0.4, 0.5) is 0 Å². The van der Waals surface area contributed by atoms with Gasteiger partial charge in [0.05, 0.1) is 0 Å². The van der Waals surface area contributed by atoms with Gasteiger partial charge >= 0.3 is 0 Å². The maximum atomic E-state index is 2.56. The second kappa shape index (κ2) is 79.8. The normalized spacial score (nSPS) is 16.3. The summed E-state index contributed by atoms with van der Waals surface area (Å²) in [5.41, 5.74) is 7.66. The third-order valence-electron chi connectivity index (χ3n) is 32.7. The molecule has 742 valence electrons. The first-order valence-corrected chi connectivity index (χ1v) is 57.3. The Morgan fingerprint density at radius 2 is 0.400 bits per heavy atom. The molecule has 14 atom stereocenters. The smallest absolute Gasteiger partial charge is 0.0222 e. The van der Waals surface area contributed by atoms with E-state index in [1.807, 2.05) is 0 Å². The lowest BCUT2D eigenvalue weighted by Gasteiger charge is -2.35. The first-order valence-electron chi connectivity index (χ1n) is 57.3. The zero-order valence-corrected chi connectivity index (χ0v) is 92.9. The van der Waals surface area contributed by atoms with Crippen molar-refractivity contribution in [3.05, 3.63) is 70.8 Å². The molecule has 0 aliphatic rings. The number of hydrogen-bond donors (Lipinski definition) is 0. The van der Waals surface area contributed by atoms with E-state index in [0.29, 0.717) is 16.2 Å². The molecule has 1 aromatic rings. The van der Waals surface area contributed by atoms with Gasteiger partial charge in [0.1, 0.15) is 0 Å². The standard InChI is InChI=1S/C50H94.C45H92.C30H56/c1-12-50(40-49-34-14-13-15-35-49,38-36-47(10)32-20-30-45(8)28-18-26-43(6)24-16-22-41(2)3)39-37-48(11)33-21-31-46(9)29-19-27-44(7)25-17-23-42(4)5;1-13-45(14-2,35-33-43(11)31-19-29-41(9)27-17-25-39(7)23-15-21-37(3)4)36-34-44(12)32-20-30-42(10)28-18-26-40(8)24-16-22-38(5)6;1-10-30(11-2,23-21-28(8)18-13-16-26(5)6)24-22-29(9)20-14-19-27(7)17-12-15-25(3)4/h13-15,34-35,41-48H,12,16-33,36-40H2,1-11H3;37-44H,13-36H2,1-12H3;15-16,19,28-29H,10-14,17-18,20-24H2,1-9H3/b;;27-19+. The first kappa shape index (κ1) is 125. The Labute approximate surface area is 795 Å². The zero-order chi connectivity index (χ0) is 94.3. The minimum atomic E-state index is 0.460. The molecule has 14 unspecified atom stereocenters. The summed E-state index contributed by atoms with van der Waals surface area (Å²) in [4.78, 5) is 0. The van der Waals surface area contributed by atoms with Crippen molar-refractivity contribution >= 4 is 0 Å². The van der Waals surface area contributed by atoms with E-state index in [-0.39, 0.29) is 0 Å². The molecule has 0 bridgehead atoms. The van der Waals surface area contributed by atoms with E-state index in [9.17, 15) is 0 Å². The maximum absolute atomic E-state index is 2.56. The van der Waals surface area contributed by atoms with E-state index < -0.39 is 0 Å². The Morgan fingerprint density at radius 3 is 0.608 bits per heavy atom. The van der Waals surface area contributed by atoms with Crippen molar-refractivity contribution < 1.29 is 0 Å². The highest BCUT2D eigenvalue weighted by atomic mass is 14.4. The number of hydrogen-bond acceptors (Lipinski definition) is 0. The lowest BCUT2D eigenvalue weighted by Crippen LogP contribution is -2.25. The van der Waals surface area contributed by atoms with Crippen LogP contribution in [-0.4, -0.2) is 0 Å². The van der Waals surface area contributed by atoms with Crippen molar-refractivity contribution in [1.29, 1.82) is 0 Å². The molecule has 0 fully saturated rings. The van der Waals surface area contributed by atoms with Crippen molar-refractivity contribution in [2.75, 3.05) is 0 Å². The van der Waals surface area contributed by atoms with Crippen molar-refractivity contribution in [1.82, 2.24) is 0 Å². The maximum Gasteiger partial charge on any atom is -0.0222 e. The summed E-state index contributed by atoms with van der Waals surface area (Å²) < 4.78 is 0. The van der Waals surface area contributed by atoms with Crippen LogP contribution in [0.3, 0.4) is 0 Å². The third-order valence-corrected chi connectivity index (χ3v) is 32.7. The summed E-state index contributed by atoms with van der Waals surface area (Å²) in [7, 11) is 0. The predicted octanol–water partition coefficient (Wildman–Crippen LogP) is 44.7. The van der Waals surface area contributed by atoms with Gasteiger partial charge in [-0.3, -0.25) is 0 Å². The van der Waals surface area contributed by atoms with E-state index in [1.54, 1.807) is 11.1 Å². The van der Waals surface area contributed by atoms with Crippen LogP contribution in [0, 0.1) is 123 Å². The van der Waals surface area contributed by atoms with Crippen LogP contribution in [0.5, 0.6) is 0 Å². The van der Waals surface area contributed by atoms with Crippen molar-refractivity contribution in [3.8, 4) is 0 Å². The van der Waals surface area contributed by atoms with Crippen LogP contribution < -0.4 is 0 Å². The highest BCUT2D eigenvalue weighted by Crippen LogP contribution is 2.44. The predicted molar refractivity (Wildman–Crippen MR) is 578 cm³/mol. The molecule has 1 aromatic carbocycles. The van der Waals surface area contributed by atoms with Gasteiger partial charge in [-0.1, -0.05) is 554 Å². The van der Waals surface area contributed by atoms with Gasteiger partial charge in [-0.25, -0.2) is 0 Å². The van der Waals surface area contributed by atoms with Gasteiger partial charge in [-0.05, 0) is 246 Å². The van der Waals surface area contributed by atoms with E-state index in [1.165, 1.54) is 396 Å². The average Bonchev–Trinajstić information content (AvgIpc) is 0.848. The lowest BCUT2D eigenvalue weighted by molar-refractivity contribution is 0.179. The van der Waals surface area contributed by atoms with Crippen LogP contribution in [0.15, 0.2) is 65.3 Å². The summed E-state index contributed by atoms with van der Waals surface area (Å²) in [6.07, 6.45) is 91.7. The molecule has 1 rings (SSSR count). The second-order valence-electron chi connectivity index (χ2n) is 48.7. The summed E-state index contributed by atoms with van der Waals surface area (Å²) in [6.45, 7) is 77.5. The Kier molecular flexibility index (Phi) is 80.1. The summed E-state index contributed by atoms with van der Waals surface area (Å²) in [5.74, 6) is 16.0. The van der Waals surface area contributed by atoms with E-state index in [0.717, 1.165) is 107 Å². The van der Waals surface area contributed by atoms with E-state index >= 15 is 0 Å². The van der Waals surface area contributed by atoms with Gasteiger partial charge in [-0.2, -0.15) is 0 Å². The van der Waals surface area contributed by atoms with Crippen LogP contribution >= 0.6 is 0 Å². The molecule has 0 radical (unpaired) electrons. The van der Waals surface area contributed by atoms with Gasteiger partial charge in [0.2, 0.25) is 0 Å². The van der Waals surface area contributed by atoms with Crippen molar-refractivity contribution in [3.63, 3.8) is 0 Å². The molecule has 125 heavy (non-hydrogen) atoms. The lowest BCUT2D eigenvalue weighted by atomic mass is 9.70. The molecule has 0 amide bonds. The van der Waals surface area contributed by atoms with Gasteiger partial charge in [0.15, 0.2) is 0 Å². The van der Waals surface area contributed by atoms with E-state index in [2.05, 4.69) is 270 Å². The Balaban J connectivity index is 0. The SMILES string of the molecule is CCC(CC)(CCC(C)CCC=C(C)C)CCC(C)CC/C=C(\C)CCC=C(C)C.CCC(CC)(CCC(C)CCCC(C)CCCC(C)CCCC(C)C)CCC(C)CCCC(C)CCCC(C)CCCC(C)C.CCC(CCC(C)CCCC(C)CCCC(C)CCCC(C)C)(CCC(C)CCCC(C)CCCC(C)CCCC(C)C)Cc1ccccc1. The molecule has 0 aliphatic heterocycles. The molecule has 0 N–H and O–H groups in total.